The van der Waals surface area contributed by atoms with E-state index in [2.05, 4.69) is 36.4 Å². The number of hydrogen-bond acceptors (Lipinski definition) is 2. The lowest BCUT2D eigenvalue weighted by molar-refractivity contribution is 0.414. The summed E-state index contributed by atoms with van der Waals surface area (Å²) in [5.41, 5.74) is 5.53. The SMILES string of the molecule is COc1ccc(C2=C(c3ccc(OC)cc3)C3C=CC2C3)cc1. The van der Waals surface area contributed by atoms with Gasteiger partial charge in [0.25, 0.3) is 0 Å². The normalized spacial score (nSPS) is 21.8. The predicted octanol–water partition coefficient (Wildman–Crippen LogP) is 4.82. The second-order valence-electron chi connectivity index (χ2n) is 6.12. The van der Waals surface area contributed by atoms with E-state index >= 15 is 0 Å². The third-order valence-corrected chi connectivity index (χ3v) is 4.92. The van der Waals surface area contributed by atoms with Crippen molar-refractivity contribution >= 4 is 11.1 Å². The largest absolute Gasteiger partial charge is 0.497 e. The molecule has 2 heteroatoms. The molecule has 0 aliphatic heterocycles. The van der Waals surface area contributed by atoms with E-state index in [0.717, 1.165) is 11.5 Å². The lowest BCUT2D eigenvalue weighted by Crippen LogP contribution is -1.99. The summed E-state index contributed by atoms with van der Waals surface area (Å²) in [6.45, 7) is 0. The molecular weight excluding hydrogens is 284 g/mol. The average molecular weight is 304 g/mol. The van der Waals surface area contributed by atoms with Crippen LogP contribution >= 0.6 is 0 Å². The highest BCUT2D eigenvalue weighted by Gasteiger charge is 2.36. The maximum absolute atomic E-state index is 5.29. The molecule has 0 radical (unpaired) electrons. The molecule has 2 nitrogen and oxygen atoms in total. The first kappa shape index (κ1) is 14.1. The number of rotatable bonds is 4. The molecule has 0 spiro atoms. The highest BCUT2D eigenvalue weighted by Crippen LogP contribution is 2.52. The molecule has 116 valence electrons. The van der Waals surface area contributed by atoms with E-state index in [1.54, 1.807) is 14.2 Å². The van der Waals surface area contributed by atoms with E-state index in [4.69, 9.17) is 9.47 Å². The van der Waals surface area contributed by atoms with Gasteiger partial charge >= 0.3 is 0 Å². The Hall–Kier alpha value is -2.48. The second kappa shape index (κ2) is 5.62. The molecule has 0 heterocycles. The van der Waals surface area contributed by atoms with Crippen LogP contribution in [0.15, 0.2) is 60.7 Å². The van der Waals surface area contributed by atoms with Crippen molar-refractivity contribution in [2.75, 3.05) is 14.2 Å². The molecular formula is C21H20O2. The molecule has 2 bridgehead atoms. The van der Waals surface area contributed by atoms with Crippen LogP contribution in [-0.4, -0.2) is 14.2 Å². The minimum atomic E-state index is 0.533. The monoisotopic (exact) mass is 304 g/mol. The third kappa shape index (κ3) is 2.35. The number of methoxy groups -OCH3 is 2. The van der Waals surface area contributed by atoms with Gasteiger partial charge in [-0.15, -0.1) is 0 Å². The van der Waals surface area contributed by atoms with Gasteiger partial charge in [0.1, 0.15) is 11.5 Å². The molecule has 0 amide bonds. The molecule has 2 aromatic carbocycles. The third-order valence-electron chi connectivity index (χ3n) is 4.92. The molecule has 0 fully saturated rings. The summed E-state index contributed by atoms with van der Waals surface area (Å²) >= 11 is 0. The quantitative estimate of drug-likeness (QED) is 0.754. The Morgan fingerprint density at radius 2 is 1.04 bits per heavy atom. The number of benzene rings is 2. The van der Waals surface area contributed by atoms with Crippen LogP contribution in [0, 0.1) is 11.8 Å². The molecule has 23 heavy (non-hydrogen) atoms. The van der Waals surface area contributed by atoms with Crippen LogP contribution in [0.5, 0.6) is 11.5 Å². The summed E-state index contributed by atoms with van der Waals surface area (Å²) in [5, 5.41) is 0. The minimum Gasteiger partial charge on any atom is -0.497 e. The Labute approximate surface area is 137 Å². The summed E-state index contributed by atoms with van der Waals surface area (Å²) in [6.07, 6.45) is 5.91. The van der Waals surface area contributed by atoms with Crippen molar-refractivity contribution in [2.24, 2.45) is 11.8 Å². The molecule has 2 aliphatic carbocycles. The van der Waals surface area contributed by atoms with Gasteiger partial charge in [-0.2, -0.15) is 0 Å². The van der Waals surface area contributed by atoms with Crippen molar-refractivity contribution in [2.45, 2.75) is 6.42 Å². The van der Waals surface area contributed by atoms with Gasteiger partial charge in [0, 0.05) is 11.8 Å². The van der Waals surface area contributed by atoms with E-state index in [1.807, 2.05) is 24.3 Å². The van der Waals surface area contributed by atoms with Gasteiger partial charge in [-0.3, -0.25) is 0 Å². The number of fused-ring (bicyclic) bond motifs is 2. The molecule has 2 unspecified atom stereocenters. The van der Waals surface area contributed by atoms with Gasteiger partial charge in [0.05, 0.1) is 14.2 Å². The van der Waals surface area contributed by atoms with Crippen molar-refractivity contribution in [3.63, 3.8) is 0 Å². The molecule has 2 aliphatic rings. The van der Waals surface area contributed by atoms with Crippen molar-refractivity contribution in [3.05, 3.63) is 71.8 Å². The fourth-order valence-corrected chi connectivity index (χ4v) is 3.81. The summed E-state index contributed by atoms with van der Waals surface area (Å²) in [5.74, 6) is 2.87. The van der Waals surface area contributed by atoms with Gasteiger partial charge in [0.15, 0.2) is 0 Å². The van der Waals surface area contributed by atoms with E-state index in [9.17, 15) is 0 Å². The Kier molecular flexibility index (Phi) is 3.45. The number of ether oxygens (including phenoxy) is 2. The zero-order valence-electron chi connectivity index (χ0n) is 13.5. The number of hydrogen-bond donors (Lipinski definition) is 0. The van der Waals surface area contributed by atoms with E-state index in [-0.39, 0.29) is 0 Å². The maximum atomic E-state index is 5.29. The molecule has 0 aromatic heterocycles. The lowest BCUT2D eigenvalue weighted by Gasteiger charge is -2.18. The van der Waals surface area contributed by atoms with E-state index < -0.39 is 0 Å². The maximum Gasteiger partial charge on any atom is 0.118 e. The Balaban J connectivity index is 1.80. The topological polar surface area (TPSA) is 18.5 Å². The van der Waals surface area contributed by atoms with Crippen molar-refractivity contribution in [1.29, 1.82) is 0 Å². The Morgan fingerprint density at radius 1 is 0.652 bits per heavy atom. The van der Waals surface area contributed by atoms with Gasteiger partial charge in [-0.05, 0) is 53.0 Å². The predicted molar refractivity (Wildman–Crippen MR) is 93.5 cm³/mol. The summed E-state index contributed by atoms with van der Waals surface area (Å²) in [6, 6.07) is 16.9. The highest BCUT2D eigenvalue weighted by molar-refractivity contribution is 5.97. The lowest BCUT2D eigenvalue weighted by atomic mass is 9.87. The first-order chi connectivity index (χ1) is 11.3. The van der Waals surface area contributed by atoms with Crippen molar-refractivity contribution < 1.29 is 9.47 Å². The average Bonchev–Trinajstić information content (AvgIpc) is 3.23. The van der Waals surface area contributed by atoms with Crippen LogP contribution in [0.25, 0.3) is 11.1 Å². The van der Waals surface area contributed by atoms with Crippen LogP contribution in [0.2, 0.25) is 0 Å². The summed E-state index contributed by atoms with van der Waals surface area (Å²) in [7, 11) is 3.41. The Morgan fingerprint density at radius 3 is 1.39 bits per heavy atom. The van der Waals surface area contributed by atoms with Crippen molar-refractivity contribution in [3.8, 4) is 11.5 Å². The smallest absolute Gasteiger partial charge is 0.118 e. The molecule has 0 N–H and O–H groups in total. The van der Waals surface area contributed by atoms with Crippen LogP contribution in [0.1, 0.15) is 17.5 Å². The van der Waals surface area contributed by atoms with E-state index in [0.29, 0.717) is 11.8 Å². The molecule has 2 aromatic rings. The van der Waals surface area contributed by atoms with Gasteiger partial charge in [-0.1, -0.05) is 36.4 Å². The van der Waals surface area contributed by atoms with Gasteiger partial charge in [0.2, 0.25) is 0 Å². The number of allylic oxidation sites excluding steroid dienone is 4. The van der Waals surface area contributed by atoms with Gasteiger partial charge < -0.3 is 9.47 Å². The Bertz CT molecular complexity index is 701. The fourth-order valence-electron chi connectivity index (χ4n) is 3.81. The second-order valence-corrected chi connectivity index (χ2v) is 6.12. The van der Waals surface area contributed by atoms with Crippen LogP contribution in [0.3, 0.4) is 0 Å². The molecule has 4 rings (SSSR count). The summed E-state index contributed by atoms with van der Waals surface area (Å²) in [4.78, 5) is 0. The first-order valence-electron chi connectivity index (χ1n) is 8.01. The fraction of sp³-hybridized carbons (Fsp3) is 0.238. The zero-order valence-corrected chi connectivity index (χ0v) is 13.5. The standard InChI is InChI=1S/C21H20O2/c1-22-18-9-5-14(6-10-18)20-16-3-4-17(13-16)21(20)15-7-11-19(23-2)12-8-15/h3-12,16-17H,13H2,1-2H3. The molecule has 0 saturated heterocycles. The zero-order chi connectivity index (χ0) is 15.8. The molecule has 0 saturated carbocycles. The van der Waals surface area contributed by atoms with Crippen molar-refractivity contribution in [1.82, 2.24) is 0 Å². The summed E-state index contributed by atoms with van der Waals surface area (Å²) < 4.78 is 10.6. The minimum absolute atomic E-state index is 0.533. The molecule has 2 atom stereocenters. The van der Waals surface area contributed by atoms with E-state index in [1.165, 1.54) is 28.7 Å². The van der Waals surface area contributed by atoms with Gasteiger partial charge in [-0.25, -0.2) is 0 Å². The van der Waals surface area contributed by atoms with Crippen LogP contribution in [-0.2, 0) is 0 Å². The van der Waals surface area contributed by atoms with Crippen LogP contribution in [0.4, 0.5) is 0 Å². The van der Waals surface area contributed by atoms with Crippen LogP contribution < -0.4 is 9.47 Å². The first-order valence-corrected chi connectivity index (χ1v) is 8.01. The highest BCUT2D eigenvalue weighted by atomic mass is 16.5.